The average Bonchev–Trinajstić information content (AvgIpc) is 3.36. The van der Waals surface area contributed by atoms with Crippen LogP contribution in [0.25, 0.3) is 0 Å². The van der Waals surface area contributed by atoms with Gasteiger partial charge in [-0.05, 0) is 28.8 Å². The van der Waals surface area contributed by atoms with Gasteiger partial charge in [-0.15, -0.1) is 24.0 Å². The van der Waals surface area contributed by atoms with Gasteiger partial charge in [-0.25, -0.2) is 0 Å². The zero-order valence-electron chi connectivity index (χ0n) is 18.8. The van der Waals surface area contributed by atoms with Crippen LogP contribution in [-0.4, -0.2) is 57.3 Å². The van der Waals surface area contributed by atoms with E-state index in [2.05, 4.69) is 86.1 Å². The number of anilines is 1. The molecule has 0 atom stereocenters. The third-order valence-electron chi connectivity index (χ3n) is 5.87. The highest BCUT2D eigenvalue weighted by Gasteiger charge is 2.13. The molecule has 0 spiro atoms. The van der Waals surface area contributed by atoms with Gasteiger partial charge in [0.05, 0.1) is 13.2 Å². The van der Waals surface area contributed by atoms with Gasteiger partial charge in [0.2, 0.25) is 0 Å². The van der Waals surface area contributed by atoms with Crippen molar-refractivity contribution in [1.29, 1.82) is 0 Å². The van der Waals surface area contributed by atoms with Gasteiger partial charge in [0.25, 0.3) is 0 Å². The molecule has 0 aromatic heterocycles. The summed E-state index contributed by atoms with van der Waals surface area (Å²) in [6.07, 6.45) is 4.43. The van der Waals surface area contributed by atoms with Crippen molar-refractivity contribution in [3.05, 3.63) is 77.4 Å². The fraction of sp³-hybridized carbons (Fsp3) is 0.400. The fourth-order valence-corrected chi connectivity index (χ4v) is 3.98. The van der Waals surface area contributed by atoms with Crippen molar-refractivity contribution in [1.82, 2.24) is 15.5 Å². The van der Waals surface area contributed by atoms with Crippen LogP contribution >= 0.6 is 24.0 Å². The van der Waals surface area contributed by atoms with E-state index in [1.165, 1.54) is 22.4 Å². The summed E-state index contributed by atoms with van der Waals surface area (Å²) >= 11 is 0. The summed E-state index contributed by atoms with van der Waals surface area (Å²) in [5, 5.41) is 6.90. The number of hydrogen-bond acceptors (Lipinski definition) is 4. The minimum Gasteiger partial charge on any atom is -0.379 e. The van der Waals surface area contributed by atoms with E-state index in [-0.39, 0.29) is 24.0 Å². The van der Waals surface area contributed by atoms with Gasteiger partial charge >= 0.3 is 0 Å². The van der Waals surface area contributed by atoms with E-state index in [1.807, 2.05) is 7.05 Å². The molecule has 2 aliphatic heterocycles. The Bertz CT molecular complexity index is 885. The highest BCUT2D eigenvalue weighted by molar-refractivity contribution is 14.0. The minimum absolute atomic E-state index is 0. The predicted octanol–water partition coefficient (Wildman–Crippen LogP) is 3.38. The quantitative estimate of drug-likeness (QED) is 0.241. The topological polar surface area (TPSA) is 52.1 Å². The zero-order chi connectivity index (χ0) is 21.3. The van der Waals surface area contributed by atoms with Gasteiger partial charge in [-0.2, -0.15) is 0 Å². The standard InChI is InChI=1S/C25H33N5O.HI/c1-26-25(27-18-21-8-10-24(11-9-21)30-12-4-5-13-30)28-19-22-6-2-3-7-23(22)20-29-14-16-31-17-15-29;/h2-11H,12-20H2,1H3,(H2,26,27,28);1H. The summed E-state index contributed by atoms with van der Waals surface area (Å²) in [5.74, 6) is 0.814. The molecule has 0 unspecified atom stereocenters. The number of rotatable bonds is 7. The molecule has 2 aliphatic rings. The molecule has 0 aliphatic carbocycles. The molecule has 6 nitrogen and oxygen atoms in total. The molecule has 2 heterocycles. The average molecular weight is 547 g/mol. The molecule has 2 aromatic rings. The van der Waals surface area contributed by atoms with E-state index in [1.54, 1.807) is 0 Å². The van der Waals surface area contributed by atoms with Crippen molar-refractivity contribution in [2.45, 2.75) is 19.6 Å². The van der Waals surface area contributed by atoms with Crippen molar-refractivity contribution in [3.63, 3.8) is 0 Å². The molecule has 0 amide bonds. The van der Waals surface area contributed by atoms with Crippen LogP contribution < -0.4 is 15.5 Å². The van der Waals surface area contributed by atoms with Gasteiger partial charge in [0.1, 0.15) is 0 Å². The second-order valence-electron chi connectivity index (χ2n) is 7.98. The molecule has 0 radical (unpaired) electrons. The molecule has 172 valence electrons. The first-order valence-electron chi connectivity index (χ1n) is 11.1. The summed E-state index contributed by atoms with van der Waals surface area (Å²) < 4.78 is 5.47. The van der Waals surface area contributed by atoms with Crippen molar-refractivity contribution in [3.8, 4) is 0 Å². The molecule has 1 fully saturated rings. The fourth-order valence-electron chi connectivity index (χ4n) is 3.98. The van der Waals surface area contributed by atoms with Crippen LogP contribution in [0.5, 0.6) is 0 Å². The maximum Gasteiger partial charge on any atom is 0.191 e. The van der Waals surface area contributed by atoms with Crippen molar-refractivity contribution in [2.75, 3.05) is 51.3 Å². The van der Waals surface area contributed by atoms with Crippen molar-refractivity contribution >= 4 is 35.6 Å². The summed E-state index contributed by atoms with van der Waals surface area (Å²) in [4.78, 5) is 9.20. The molecule has 0 saturated carbocycles. The maximum absolute atomic E-state index is 5.47. The second kappa shape index (κ2) is 12.8. The van der Waals surface area contributed by atoms with E-state index >= 15 is 0 Å². The van der Waals surface area contributed by atoms with Crippen LogP contribution in [0.4, 0.5) is 5.69 Å². The summed E-state index contributed by atoms with van der Waals surface area (Å²) in [6, 6.07) is 17.4. The monoisotopic (exact) mass is 547 g/mol. The molecular formula is C25H34IN5O. The number of morpholine rings is 1. The number of hydrogen-bond donors (Lipinski definition) is 2. The number of benzene rings is 2. The molecule has 2 N–H and O–H groups in total. The minimum atomic E-state index is 0. The highest BCUT2D eigenvalue weighted by Crippen LogP contribution is 2.17. The van der Waals surface area contributed by atoms with E-state index in [0.717, 1.165) is 65.0 Å². The van der Waals surface area contributed by atoms with Crippen LogP contribution in [0, 0.1) is 0 Å². The van der Waals surface area contributed by atoms with Crippen LogP contribution in [0.1, 0.15) is 16.7 Å². The van der Waals surface area contributed by atoms with E-state index in [9.17, 15) is 0 Å². The highest BCUT2D eigenvalue weighted by atomic mass is 127. The number of guanidine groups is 1. The number of halogens is 1. The lowest BCUT2D eigenvalue weighted by molar-refractivity contribution is 0.0341. The molecule has 0 bridgehead atoms. The molecule has 7 heteroatoms. The number of nitrogens with one attached hydrogen (secondary N) is 2. The Kier molecular flexibility index (Phi) is 9.83. The summed E-state index contributed by atoms with van der Waals surface area (Å²) in [6.45, 7) is 8.11. The summed E-state index contributed by atoms with van der Waals surface area (Å²) in [5.41, 5.74) is 5.18. The first-order chi connectivity index (χ1) is 15.3. The second-order valence-corrected chi connectivity index (χ2v) is 7.98. The first kappa shape index (κ1) is 24.5. The lowest BCUT2D eigenvalue weighted by atomic mass is 10.1. The SMILES string of the molecule is CN=C(NCc1ccc(N2CC=CC2)cc1)NCc1ccccc1CN1CCOCC1.I. The van der Waals surface area contributed by atoms with E-state index < -0.39 is 0 Å². The number of nitrogens with zero attached hydrogens (tertiary/aromatic N) is 3. The van der Waals surface area contributed by atoms with Crippen LogP contribution in [0.15, 0.2) is 65.7 Å². The third kappa shape index (κ3) is 6.95. The van der Waals surface area contributed by atoms with Gasteiger partial charge in [0.15, 0.2) is 5.96 Å². The predicted molar refractivity (Wildman–Crippen MR) is 143 cm³/mol. The van der Waals surface area contributed by atoms with Crippen molar-refractivity contribution < 1.29 is 4.74 Å². The third-order valence-corrected chi connectivity index (χ3v) is 5.87. The lowest BCUT2D eigenvalue weighted by Crippen LogP contribution is -2.37. The molecule has 32 heavy (non-hydrogen) atoms. The Hall–Kier alpha value is -2.10. The molecular weight excluding hydrogens is 513 g/mol. The van der Waals surface area contributed by atoms with Crippen molar-refractivity contribution in [2.24, 2.45) is 4.99 Å². The molecule has 4 rings (SSSR count). The van der Waals surface area contributed by atoms with E-state index in [4.69, 9.17) is 4.74 Å². The first-order valence-corrected chi connectivity index (χ1v) is 11.1. The van der Waals surface area contributed by atoms with Gasteiger partial charge in [0, 0.05) is 58.5 Å². The Balaban J connectivity index is 0.00000289. The lowest BCUT2D eigenvalue weighted by Gasteiger charge is -2.27. The van der Waals surface area contributed by atoms with Crippen LogP contribution in [0.2, 0.25) is 0 Å². The Morgan fingerprint density at radius 2 is 1.56 bits per heavy atom. The Morgan fingerprint density at radius 3 is 2.25 bits per heavy atom. The number of ether oxygens (including phenoxy) is 1. The maximum atomic E-state index is 5.47. The van der Waals surface area contributed by atoms with Crippen LogP contribution in [0.3, 0.4) is 0 Å². The Labute approximate surface area is 208 Å². The van der Waals surface area contributed by atoms with Gasteiger partial charge < -0.3 is 20.3 Å². The van der Waals surface area contributed by atoms with Crippen LogP contribution in [-0.2, 0) is 24.4 Å². The van der Waals surface area contributed by atoms with Gasteiger partial charge in [-0.3, -0.25) is 9.89 Å². The van der Waals surface area contributed by atoms with Gasteiger partial charge in [-0.1, -0.05) is 48.6 Å². The molecule has 1 saturated heterocycles. The zero-order valence-corrected chi connectivity index (χ0v) is 21.1. The smallest absolute Gasteiger partial charge is 0.191 e. The largest absolute Gasteiger partial charge is 0.379 e. The Morgan fingerprint density at radius 1 is 0.906 bits per heavy atom. The normalized spacial score (nSPS) is 16.7. The van der Waals surface area contributed by atoms with E-state index in [0.29, 0.717) is 0 Å². The summed E-state index contributed by atoms with van der Waals surface area (Å²) in [7, 11) is 1.82. The number of aliphatic imine (C=N–C) groups is 1. The molecule has 2 aromatic carbocycles.